The molecule has 1 aliphatic heterocycles. The number of aliphatic imine (C=N–C) groups is 1. The number of methoxy groups -OCH3 is 1. The van der Waals surface area contributed by atoms with Gasteiger partial charge in [0.05, 0.1) is 13.0 Å². The number of carbonyl (C=O) groups excluding carboxylic acids is 1. The number of piperidine rings is 1. The highest BCUT2D eigenvalue weighted by Crippen LogP contribution is 2.23. The van der Waals surface area contributed by atoms with Gasteiger partial charge in [-0.25, -0.2) is 4.98 Å². The predicted molar refractivity (Wildman–Crippen MR) is 132 cm³/mol. The molecule has 1 aliphatic rings. The van der Waals surface area contributed by atoms with Gasteiger partial charge < -0.3 is 19.7 Å². The highest BCUT2D eigenvalue weighted by Gasteiger charge is 2.26. The standard InChI is InChI=1S/C23H30N4O3.HI/c1-16-5-6-20(13-17(16)2)30-21-14-18(7-10-25-21)15-26-23(24-3)27-11-8-19(9-12-27)22(28)29-4;/h5-7,10,13-14,19H,8-9,11-12,15H2,1-4H3,(H,24,26);1H. The maximum atomic E-state index is 11.7. The molecule has 2 aromatic rings. The van der Waals surface area contributed by atoms with E-state index in [-0.39, 0.29) is 35.9 Å². The van der Waals surface area contributed by atoms with Crippen LogP contribution in [0.3, 0.4) is 0 Å². The van der Waals surface area contributed by atoms with Crippen LogP contribution in [0.4, 0.5) is 0 Å². The molecular weight excluding hydrogens is 507 g/mol. The van der Waals surface area contributed by atoms with Crippen LogP contribution in [-0.2, 0) is 16.1 Å². The first-order valence-electron chi connectivity index (χ1n) is 10.2. The summed E-state index contributed by atoms with van der Waals surface area (Å²) in [5.74, 6) is 2.03. The Hall–Kier alpha value is -2.36. The minimum Gasteiger partial charge on any atom is -0.469 e. The summed E-state index contributed by atoms with van der Waals surface area (Å²) in [7, 11) is 3.22. The summed E-state index contributed by atoms with van der Waals surface area (Å²) in [5, 5.41) is 3.40. The van der Waals surface area contributed by atoms with Gasteiger partial charge in [-0.2, -0.15) is 0 Å². The van der Waals surface area contributed by atoms with Crippen molar-refractivity contribution in [3.8, 4) is 11.6 Å². The van der Waals surface area contributed by atoms with Gasteiger partial charge in [-0.1, -0.05) is 6.07 Å². The molecule has 0 spiro atoms. The van der Waals surface area contributed by atoms with Gasteiger partial charge in [0, 0.05) is 38.9 Å². The third-order valence-electron chi connectivity index (χ3n) is 5.49. The number of nitrogens with zero attached hydrogens (tertiary/aromatic N) is 3. The maximum Gasteiger partial charge on any atom is 0.308 e. The highest BCUT2D eigenvalue weighted by molar-refractivity contribution is 14.0. The van der Waals surface area contributed by atoms with E-state index in [1.54, 1.807) is 13.2 Å². The lowest BCUT2D eigenvalue weighted by Crippen LogP contribution is -2.46. The first-order chi connectivity index (χ1) is 14.5. The van der Waals surface area contributed by atoms with E-state index in [2.05, 4.69) is 34.0 Å². The number of rotatable bonds is 5. The number of aryl methyl sites for hydroxylation is 2. The molecule has 31 heavy (non-hydrogen) atoms. The number of likely N-dealkylation sites (tertiary alicyclic amines) is 1. The summed E-state index contributed by atoms with van der Waals surface area (Å²) in [5.41, 5.74) is 3.47. The van der Waals surface area contributed by atoms with Crippen molar-refractivity contribution in [3.63, 3.8) is 0 Å². The number of ether oxygens (including phenoxy) is 2. The van der Waals surface area contributed by atoms with Crippen LogP contribution in [-0.4, -0.2) is 49.1 Å². The van der Waals surface area contributed by atoms with Crippen molar-refractivity contribution >= 4 is 35.9 Å². The number of carbonyl (C=O) groups is 1. The average Bonchev–Trinajstić information content (AvgIpc) is 2.77. The zero-order chi connectivity index (χ0) is 21.5. The summed E-state index contributed by atoms with van der Waals surface area (Å²) in [4.78, 5) is 22.6. The lowest BCUT2D eigenvalue weighted by Gasteiger charge is -2.33. The van der Waals surface area contributed by atoms with Crippen molar-refractivity contribution in [2.45, 2.75) is 33.2 Å². The van der Waals surface area contributed by atoms with Gasteiger partial charge >= 0.3 is 5.97 Å². The quantitative estimate of drug-likeness (QED) is 0.268. The summed E-state index contributed by atoms with van der Waals surface area (Å²) in [6.07, 6.45) is 3.30. The fourth-order valence-corrected chi connectivity index (χ4v) is 3.52. The third-order valence-corrected chi connectivity index (χ3v) is 5.49. The van der Waals surface area contributed by atoms with Crippen molar-refractivity contribution in [1.29, 1.82) is 0 Å². The smallest absolute Gasteiger partial charge is 0.308 e. The largest absolute Gasteiger partial charge is 0.469 e. The van der Waals surface area contributed by atoms with Gasteiger partial charge in [0.15, 0.2) is 5.96 Å². The molecule has 1 N–H and O–H groups in total. The summed E-state index contributed by atoms with van der Waals surface area (Å²) in [6.45, 7) is 6.30. The van der Waals surface area contributed by atoms with Crippen LogP contribution in [0.15, 0.2) is 41.5 Å². The molecule has 1 aromatic carbocycles. The Balaban J connectivity index is 0.00000341. The number of halogens is 1. The molecule has 2 heterocycles. The van der Waals surface area contributed by atoms with Gasteiger partial charge in [0.25, 0.3) is 0 Å². The average molecular weight is 538 g/mol. The lowest BCUT2D eigenvalue weighted by molar-refractivity contribution is -0.146. The fourth-order valence-electron chi connectivity index (χ4n) is 3.52. The Morgan fingerprint density at radius 2 is 1.94 bits per heavy atom. The van der Waals surface area contributed by atoms with Gasteiger partial charge in [0.1, 0.15) is 5.75 Å². The van der Waals surface area contributed by atoms with E-state index < -0.39 is 0 Å². The van der Waals surface area contributed by atoms with Crippen LogP contribution in [0.25, 0.3) is 0 Å². The fraction of sp³-hybridized carbons (Fsp3) is 0.435. The molecule has 0 unspecified atom stereocenters. The van der Waals surface area contributed by atoms with E-state index in [0.29, 0.717) is 12.4 Å². The monoisotopic (exact) mass is 538 g/mol. The summed E-state index contributed by atoms with van der Waals surface area (Å²) < 4.78 is 10.8. The van der Waals surface area contributed by atoms with Crippen molar-refractivity contribution in [2.24, 2.45) is 10.9 Å². The normalized spacial score (nSPS) is 14.6. The van der Waals surface area contributed by atoms with E-state index in [1.807, 2.05) is 30.3 Å². The van der Waals surface area contributed by atoms with Crippen molar-refractivity contribution in [3.05, 3.63) is 53.2 Å². The molecule has 8 heteroatoms. The molecule has 0 saturated carbocycles. The van der Waals surface area contributed by atoms with E-state index >= 15 is 0 Å². The minimum atomic E-state index is -0.120. The van der Waals surface area contributed by atoms with Crippen molar-refractivity contribution in [1.82, 2.24) is 15.2 Å². The highest BCUT2D eigenvalue weighted by atomic mass is 127. The summed E-state index contributed by atoms with van der Waals surface area (Å²) in [6, 6.07) is 9.90. The number of aromatic nitrogens is 1. The van der Waals surface area contributed by atoms with E-state index in [9.17, 15) is 4.79 Å². The molecular formula is C23H31IN4O3. The SMILES string of the molecule is CN=C(NCc1ccnc(Oc2ccc(C)c(C)c2)c1)N1CCC(C(=O)OC)CC1.I. The zero-order valence-electron chi connectivity index (χ0n) is 18.6. The minimum absolute atomic E-state index is 0. The first kappa shape index (κ1) is 24.9. The van der Waals surface area contributed by atoms with Crippen molar-refractivity contribution in [2.75, 3.05) is 27.2 Å². The van der Waals surface area contributed by atoms with Crippen LogP contribution in [0.5, 0.6) is 11.6 Å². The molecule has 0 atom stereocenters. The number of hydrogen-bond donors (Lipinski definition) is 1. The van der Waals surface area contributed by atoms with Crippen molar-refractivity contribution < 1.29 is 14.3 Å². The van der Waals surface area contributed by atoms with Gasteiger partial charge in [-0.3, -0.25) is 9.79 Å². The third kappa shape index (κ3) is 6.81. The Bertz CT molecular complexity index is 911. The topological polar surface area (TPSA) is 76.1 Å². The van der Waals surface area contributed by atoms with E-state index in [0.717, 1.165) is 43.2 Å². The number of esters is 1. The number of guanidine groups is 1. The maximum absolute atomic E-state index is 11.7. The van der Waals surface area contributed by atoms with Gasteiger partial charge in [0.2, 0.25) is 5.88 Å². The Morgan fingerprint density at radius 1 is 1.19 bits per heavy atom. The molecule has 0 radical (unpaired) electrons. The molecule has 1 aromatic heterocycles. The number of benzene rings is 1. The van der Waals surface area contributed by atoms with Crippen LogP contribution in [0.1, 0.15) is 29.5 Å². The number of nitrogens with one attached hydrogen (secondary N) is 1. The molecule has 1 fully saturated rings. The predicted octanol–water partition coefficient (Wildman–Crippen LogP) is 4.07. The van der Waals surface area contributed by atoms with Gasteiger partial charge in [-0.15, -0.1) is 24.0 Å². The van der Waals surface area contributed by atoms with Crippen LogP contribution < -0.4 is 10.1 Å². The number of hydrogen-bond acceptors (Lipinski definition) is 5. The Morgan fingerprint density at radius 3 is 2.58 bits per heavy atom. The second-order valence-corrected chi connectivity index (χ2v) is 7.54. The summed E-state index contributed by atoms with van der Waals surface area (Å²) >= 11 is 0. The first-order valence-corrected chi connectivity index (χ1v) is 10.2. The zero-order valence-corrected chi connectivity index (χ0v) is 20.9. The molecule has 168 valence electrons. The van der Waals surface area contributed by atoms with Crippen LogP contribution in [0, 0.1) is 19.8 Å². The second kappa shape index (κ2) is 11.9. The van der Waals surface area contributed by atoms with Gasteiger partial charge in [-0.05, 0) is 61.6 Å². The Kier molecular flexibility index (Phi) is 9.54. The molecule has 7 nitrogen and oxygen atoms in total. The van der Waals surface area contributed by atoms with Crippen LogP contribution >= 0.6 is 24.0 Å². The molecule has 1 saturated heterocycles. The van der Waals surface area contributed by atoms with E-state index in [4.69, 9.17) is 9.47 Å². The Labute approximate surface area is 201 Å². The molecule has 0 bridgehead atoms. The molecule has 0 aliphatic carbocycles. The molecule has 3 rings (SSSR count). The second-order valence-electron chi connectivity index (χ2n) is 7.54. The van der Waals surface area contributed by atoms with Crippen LogP contribution in [0.2, 0.25) is 0 Å². The number of pyridine rings is 1. The van der Waals surface area contributed by atoms with E-state index in [1.165, 1.54) is 18.2 Å². The molecule has 0 amide bonds. The lowest BCUT2D eigenvalue weighted by atomic mass is 9.97.